The van der Waals surface area contributed by atoms with E-state index in [1.165, 1.54) is 6.07 Å². The molecule has 4 rings (SSSR count). The van der Waals surface area contributed by atoms with Gasteiger partial charge >= 0.3 is 5.97 Å². The fourth-order valence-corrected chi connectivity index (χ4v) is 5.21. The Balaban J connectivity index is 1.58. The summed E-state index contributed by atoms with van der Waals surface area (Å²) in [6, 6.07) is 20.0. The molecule has 2 aromatic carbocycles. The van der Waals surface area contributed by atoms with Gasteiger partial charge in [-0.25, -0.2) is 4.79 Å². The van der Waals surface area contributed by atoms with E-state index in [4.69, 9.17) is 4.74 Å². The molecule has 0 saturated heterocycles. The highest BCUT2D eigenvalue weighted by Gasteiger charge is 2.22. The number of carbonyl (C=O) groups excluding carboxylic acids is 1. The number of carbonyl (C=O) groups is 2. The summed E-state index contributed by atoms with van der Waals surface area (Å²) in [6.07, 6.45) is 4.87. The van der Waals surface area contributed by atoms with Gasteiger partial charge in [-0.1, -0.05) is 44.2 Å². The maximum absolute atomic E-state index is 13.9. The van der Waals surface area contributed by atoms with Crippen LogP contribution in [0.2, 0.25) is 0 Å². The maximum atomic E-state index is 13.9. The number of nitrogens with zero attached hydrogens (tertiary/aromatic N) is 2. The first kappa shape index (κ1) is 27.6. The second-order valence-corrected chi connectivity index (χ2v) is 10.2. The Morgan fingerprint density at radius 1 is 0.921 bits per heavy atom. The van der Waals surface area contributed by atoms with E-state index < -0.39 is 5.97 Å². The van der Waals surface area contributed by atoms with Crippen LogP contribution in [0.5, 0.6) is 5.75 Å². The normalized spacial score (nSPS) is 11.3. The van der Waals surface area contributed by atoms with Crippen LogP contribution in [0.15, 0.2) is 77.4 Å². The van der Waals surface area contributed by atoms with Gasteiger partial charge < -0.3 is 19.1 Å². The summed E-state index contributed by atoms with van der Waals surface area (Å²) >= 11 is 3.59. The third kappa shape index (κ3) is 6.34. The maximum Gasteiger partial charge on any atom is 0.335 e. The predicted octanol–water partition coefficient (Wildman–Crippen LogP) is 7.19. The number of carboxylic acids is 1. The zero-order valence-electron chi connectivity index (χ0n) is 21.8. The lowest BCUT2D eigenvalue weighted by molar-refractivity contribution is 0.0696. The van der Waals surface area contributed by atoms with E-state index in [1.807, 2.05) is 42.5 Å². The Morgan fingerprint density at radius 3 is 2.32 bits per heavy atom. The molecule has 0 radical (unpaired) electrons. The van der Waals surface area contributed by atoms with Crippen LogP contribution in [0.1, 0.15) is 59.5 Å². The molecule has 0 saturated carbocycles. The van der Waals surface area contributed by atoms with Crippen LogP contribution < -0.4 is 4.74 Å². The number of ether oxygens (including phenoxy) is 1. The fourth-order valence-electron chi connectivity index (χ4n) is 4.72. The lowest BCUT2D eigenvalue weighted by atomic mass is 10.0. The van der Waals surface area contributed by atoms with Crippen LogP contribution in [0.3, 0.4) is 0 Å². The molecule has 198 valence electrons. The summed E-state index contributed by atoms with van der Waals surface area (Å²) in [6.45, 7) is 8.21. The molecule has 38 heavy (non-hydrogen) atoms. The van der Waals surface area contributed by atoms with Crippen molar-refractivity contribution < 1.29 is 19.4 Å². The van der Waals surface area contributed by atoms with E-state index in [-0.39, 0.29) is 11.3 Å². The SMILES string of the molecule is CCCN(CCC)CCCOc1ccc(C(=O)c2c(-c3ccccc3)cc3cc(C(=O)O)ccn23)cc1Br. The van der Waals surface area contributed by atoms with E-state index >= 15 is 0 Å². The number of pyridine rings is 1. The van der Waals surface area contributed by atoms with Crippen molar-refractivity contribution in [1.82, 2.24) is 9.30 Å². The van der Waals surface area contributed by atoms with Gasteiger partial charge in [-0.3, -0.25) is 4.79 Å². The third-order valence-electron chi connectivity index (χ3n) is 6.47. The third-order valence-corrected chi connectivity index (χ3v) is 7.09. The standard InChI is InChI=1S/C31H33BrN2O4/c1-3-14-33(15-4-2)16-8-18-38-28-12-11-23(20-27(28)32)30(35)29-26(22-9-6-5-7-10-22)21-25-19-24(31(36)37)13-17-34(25)29/h5-7,9-13,17,19-21H,3-4,8,14-16,18H2,1-2H3,(H,36,37). The quantitative estimate of drug-likeness (QED) is 0.135. The summed E-state index contributed by atoms with van der Waals surface area (Å²) in [5.41, 5.74) is 3.45. The highest BCUT2D eigenvalue weighted by molar-refractivity contribution is 9.10. The Bertz CT molecular complexity index is 1410. The zero-order valence-corrected chi connectivity index (χ0v) is 23.4. The lowest BCUT2D eigenvalue weighted by Crippen LogP contribution is -2.27. The molecule has 4 aromatic rings. The van der Waals surface area contributed by atoms with Gasteiger partial charge in [0, 0.05) is 29.4 Å². The zero-order chi connectivity index (χ0) is 27.1. The average molecular weight is 578 g/mol. The summed E-state index contributed by atoms with van der Waals surface area (Å²) in [7, 11) is 0. The highest BCUT2D eigenvalue weighted by Crippen LogP contribution is 2.32. The molecular weight excluding hydrogens is 544 g/mol. The van der Waals surface area contributed by atoms with Crippen LogP contribution in [0, 0.1) is 0 Å². The first-order valence-electron chi connectivity index (χ1n) is 13.1. The summed E-state index contributed by atoms with van der Waals surface area (Å²) in [5.74, 6) is -0.465. The van der Waals surface area contributed by atoms with Gasteiger partial charge in [-0.05, 0) is 90.2 Å². The molecule has 2 heterocycles. The number of hydrogen-bond donors (Lipinski definition) is 1. The molecule has 0 fully saturated rings. The van der Waals surface area contributed by atoms with Crippen LogP contribution in [-0.2, 0) is 0 Å². The van der Waals surface area contributed by atoms with Gasteiger partial charge in [0.2, 0.25) is 5.78 Å². The van der Waals surface area contributed by atoms with E-state index in [0.717, 1.165) is 54.5 Å². The van der Waals surface area contributed by atoms with Gasteiger partial charge in [-0.15, -0.1) is 0 Å². The molecule has 0 aliphatic rings. The number of carboxylic acid groups (broad SMARTS) is 1. The average Bonchev–Trinajstić information content (AvgIpc) is 3.31. The second-order valence-electron chi connectivity index (χ2n) is 9.31. The Kier molecular flexibility index (Phi) is 9.37. The van der Waals surface area contributed by atoms with Crippen molar-refractivity contribution >= 4 is 33.2 Å². The Morgan fingerprint density at radius 2 is 1.66 bits per heavy atom. The molecular formula is C31H33BrN2O4. The second kappa shape index (κ2) is 12.9. The van der Waals surface area contributed by atoms with Crippen molar-refractivity contribution in [2.75, 3.05) is 26.2 Å². The summed E-state index contributed by atoms with van der Waals surface area (Å²) in [5, 5.41) is 9.44. The fraction of sp³-hybridized carbons (Fsp3) is 0.290. The minimum Gasteiger partial charge on any atom is -0.492 e. The molecule has 0 aliphatic heterocycles. The molecule has 0 amide bonds. The number of ketones is 1. The number of benzene rings is 2. The van der Waals surface area contributed by atoms with E-state index in [0.29, 0.717) is 29.1 Å². The van der Waals surface area contributed by atoms with Crippen molar-refractivity contribution in [3.05, 3.63) is 94.2 Å². The van der Waals surface area contributed by atoms with Crippen LogP contribution >= 0.6 is 15.9 Å². The van der Waals surface area contributed by atoms with Crippen LogP contribution in [0.4, 0.5) is 0 Å². The van der Waals surface area contributed by atoms with Crippen LogP contribution in [-0.4, -0.2) is 52.4 Å². The minimum atomic E-state index is -1.01. The lowest BCUT2D eigenvalue weighted by Gasteiger charge is -2.20. The first-order valence-corrected chi connectivity index (χ1v) is 13.9. The van der Waals surface area contributed by atoms with Crippen molar-refractivity contribution in [2.45, 2.75) is 33.1 Å². The molecule has 0 atom stereocenters. The number of fused-ring (bicyclic) bond motifs is 1. The number of aromatic carboxylic acids is 1. The molecule has 0 spiro atoms. The van der Waals surface area contributed by atoms with E-state index in [1.54, 1.807) is 28.8 Å². The van der Waals surface area contributed by atoms with Crippen molar-refractivity contribution in [2.24, 2.45) is 0 Å². The van der Waals surface area contributed by atoms with Crippen molar-refractivity contribution in [1.29, 1.82) is 0 Å². The van der Waals surface area contributed by atoms with Gasteiger partial charge in [0.25, 0.3) is 0 Å². The monoisotopic (exact) mass is 576 g/mol. The van der Waals surface area contributed by atoms with Gasteiger partial charge in [0.15, 0.2) is 0 Å². The van der Waals surface area contributed by atoms with Crippen molar-refractivity contribution in [3.63, 3.8) is 0 Å². The molecule has 0 bridgehead atoms. The Labute approximate surface area is 232 Å². The molecule has 0 aliphatic carbocycles. The smallest absolute Gasteiger partial charge is 0.335 e. The Hall–Kier alpha value is -3.42. The largest absolute Gasteiger partial charge is 0.492 e. The van der Waals surface area contributed by atoms with E-state index in [9.17, 15) is 14.7 Å². The molecule has 6 nitrogen and oxygen atoms in total. The molecule has 1 N–H and O–H groups in total. The number of halogens is 1. The van der Waals surface area contributed by atoms with Crippen LogP contribution in [0.25, 0.3) is 16.6 Å². The minimum absolute atomic E-state index is 0.158. The number of aromatic nitrogens is 1. The van der Waals surface area contributed by atoms with Gasteiger partial charge in [-0.2, -0.15) is 0 Å². The molecule has 7 heteroatoms. The number of rotatable bonds is 13. The topological polar surface area (TPSA) is 71.2 Å². The summed E-state index contributed by atoms with van der Waals surface area (Å²) < 4.78 is 8.50. The predicted molar refractivity (Wildman–Crippen MR) is 155 cm³/mol. The van der Waals surface area contributed by atoms with Gasteiger partial charge in [0.1, 0.15) is 11.4 Å². The summed E-state index contributed by atoms with van der Waals surface area (Å²) in [4.78, 5) is 27.8. The van der Waals surface area contributed by atoms with E-state index in [2.05, 4.69) is 34.7 Å². The highest BCUT2D eigenvalue weighted by atomic mass is 79.9. The van der Waals surface area contributed by atoms with Crippen molar-refractivity contribution in [3.8, 4) is 16.9 Å². The van der Waals surface area contributed by atoms with Gasteiger partial charge in [0.05, 0.1) is 16.6 Å². The number of hydrogen-bond acceptors (Lipinski definition) is 4. The first-order chi connectivity index (χ1) is 18.4. The molecule has 0 unspecified atom stereocenters. The molecule has 2 aromatic heterocycles.